The number of likely N-dealkylation sites (tertiary alicyclic amines) is 1. The minimum Gasteiger partial charge on any atom is -0.383 e. The van der Waals surface area contributed by atoms with E-state index in [9.17, 15) is 0 Å². The molecule has 0 aliphatic carbocycles. The average molecular weight is 396 g/mol. The molecule has 1 aromatic carbocycles. The number of aromatic nitrogens is 3. The number of rotatable bonds is 9. The van der Waals surface area contributed by atoms with Crippen LogP contribution >= 0.6 is 0 Å². The summed E-state index contributed by atoms with van der Waals surface area (Å²) < 4.78 is 10.1. The summed E-state index contributed by atoms with van der Waals surface area (Å²) in [6.45, 7) is 7.07. The van der Waals surface area contributed by atoms with Crippen molar-refractivity contribution in [3.8, 4) is 0 Å². The zero-order valence-electron chi connectivity index (χ0n) is 17.0. The van der Waals surface area contributed by atoms with Crippen LogP contribution < -0.4 is 0 Å². The van der Waals surface area contributed by atoms with Crippen molar-refractivity contribution < 1.29 is 9.37 Å². The third-order valence-electron chi connectivity index (χ3n) is 5.72. The third kappa shape index (κ3) is 5.59. The van der Waals surface area contributed by atoms with Crippen LogP contribution in [0.1, 0.15) is 24.0 Å². The second kappa shape index (κ2) is 9.91. The van der Waals surface area contributed by atoms with Gasteiger partial charge >= 0.3 is 0 Å². The summed E-state index contributed by atoms with van der Waals surface area (Å²) in [4.78, 5) is 9.21. The molecular weight excluding hydrogens is 366 g/mol. The number of ether oxygens (including phenoxy) is 1. The normalized spacial score (nSPS) is 16.1. The van der Waals surface area contributed by atoms with Crippen LogP contribution in [0.2, 0.25) is 0 Å². The van der Waals surface area contributed by atoms with Gasteiger partial charge in [0.25, 0.3) is 0 Å². The molecule has 0 amide bonds. The van der Waals surface area contributed by atoms with Crippen LogP contribution in [0.5, 0.6) is 0 Å². The van der Waals surface area contributed by atoms with Crippen LogP contribution in [0.3, 0.4) is 0 Å². The van der Waals surface area contributed by atoms with Gasteiger partial charge in [0.05, 0.1) is 6.61 Å². The molecule has 0 spiro atoms. The molecule has 4 rings (SSSR count). The summed E-state index contributed by atoms with van der Waals surface area (Å²) in [5.41, 5.74) is 4.15. The van der Waals surface area contributed by atoms with Crippen LogP contribution in [0, 0.1) is 5.92 Å². The Morgan fingerprint density at radius 3 is 2.59 bits per heavy atom. The molecule has 3 aromatic rings. The molecule has 0 N–H and O–H groups in total. The predicted octanol–water partition coefficient (Wildman–Crippen LogP) is 2.98. The van der Waals surface area contributed by atoms with Crippen LogP contribution in [0.15, 0.2) is 47.4 Å². The van der Waals surface area contributed by atoms with Crippen molar-refractivity contribution in [1.29, 1.82) is 0 Å². The number of methoxy groups -OCH3 is 1. The van der Waals surface area contributed by atoms with Gasteiger partial charge in [0.2, 0.25) is 0 Å². The van der Waals surface area contributed by atoms with E-state index in [-0.39, 0.29) is 0 Å². The van der Waals surface area contributed by atoms with Crippen molar-refractivity contribution in [1.82, 2.24) is 25.1 Å². The van der Waals surface area contributed by atoms with Crippen LogP contribution in [-0.2, 0) is 17.8 Å². The van der Waals surface area contributed by atoms with E-state index in [0.29, 0.717) is 5.92 Å². The standard InChI is InChI=1S/C22H29N5O2/c1-28-13-12-26-10-6-19(7-11-26)16-27(15-18-4-8-23-9-5-18)17-20-2-3-21-22(14-20)25-29-24-21/h2-5,8-9,14,19H,6-7,10-13,15-17H2,1H3. The summed E-state index contributed by atoms with van der Waals surface area (Å²) in [6.07, 6.45) is 6.22. The Morgan fingerprint density at radius 1 is 1.03 bits per heavy atom. The van der Waals surface area contributed by atoms with Gasteiger partial charge in [-0.2, -0.15) is 0 Å². The van der Waals surface area contributed by atoms with Crippen LogP contribution in [0.4, 0.5) is 0 Å². The van der Waals surface area contributed by atoms with Gasteiger partial charge in [-0.25, -0.2) is 4.63 Å². The van der Waals surface area contributed by atoms with Crippen molar-refractivity contribution >= 4 is 11.0 Å². The summed E-state index contributed by atoms with van der Waals surface area (Å²) in [6, 6.07) is 10.4. The summed E-state index contributed by atoms with van der Waals surface area (Å²) in [5.74, 6) is 0.716. The molecule has 1 saturated heterocycles. The molecule has 0 unspecified atom stereocenters. The largest absolute Gasteiger partial charge is 0.383 e. The molecule has 29 heavy (non-hydrogen) atoms. The summed E-state index contributed by atoms with van der Waals surface area (Å²) in [7, 11) is 1.77. The Labute approximate surface area is 171 Å². The number of fused-ring (bicyclic) bond motifs is 1. The quantitative estimate of drug-likeness (QED) is 0.552. The second-order valence-electron chi connectivity index (χ2n) is 7.89. The highest BCUT2D eigenvalue weighted by Gasteiger charge is 2.21. The average Bonchev–Trinajstić information content (AvgIpc) is 3.22. The molecule has 1 aliphatic rings. The molecule has 1 aliphatic heterocycles. The van der Waals surface area contributed by atoms with Gasteiger partial charge < -0.3 is 9.64 Å². The number of benzene rings is 1. The Bertz CT molecular complexity index is 877. The monoisotopic (exact) mass is 395 g/mol. The SMILES string of the molecule is COCCN1CCC(CN(Cc2ccncc2)Cc2ccc3nonc3c2)CC1. The first-order valence-electron chi connectivity index (χ1n) is 10.3. The fourth-order valence-corrected chi connectivity index (χ4v) is 4.09. The maximum Gasteiger partial charge on any atom is 0.135 e. The summed E-state index contributed by atoms with van der Waals surface area (Å²) >= 11 is 0. The fraction of sp³-hybridized carbons (Fsp3) is 0.500. The molecule has 2 aromatic heterocycles. The van der Waals surface area contributed by atoms with Crippen molar-refractivity contribution in [2.75, 3.05) is 39.9 Å². The van der Waals surface area contributed by atoms with E-state index >= 15 is 0 Å². The molecule has 7 heteroatoms. The first-order valence-corrected chi connectivity index (χ1v) is 10.3. The van der Waals surface area contributed by atoms with Gasteiger partial charge in [0.1, 0.15) is 11.0 Å². The highest BCUT2D eigenvalue weighted by Crippen LogP contribution is 2.21. The predicted molar refractivity (Wildman–Crippen MR) is 111 cm³/mol. The fourth-order valence-electron chi connectivity index (χ4n) is 4.09. The van der Waals surface area contributed by atoms with Gasteiger partial charge in [0.15, 0.2) is 0 Å². The topological polar surface area (TPSA) is 67.5 Å². The lowest BCUT2D eigenvalue weighted by Gasteiger charge is -2.35. The molecule has 3 heterocycles. The summed E-state index contributed by atoms with van der Waals surface area (Å²) in [5, 5.41) is 7.90. The van der Waals surface area contributed by atoms with E-state index in [0.717, 1.165) is 56.9 Å². The number of hydrogen-bond acceptors (Lipinski definition) is 7. The first-order chi connectivity index (χ1) is 14.3. The second-order valence-corrected chi connectivity index (χ2v) is 7.89. The van der Waals surface area contributed by atoms with E-state index in [1.165, 1.54) is 24.0 Å². The molecule has 0 bridgehead atoms. The lowest BCUT2D eigenvalue weighted by atomic mass is 9.95. The highest BCUT2D eigenvalue weighted by molar-refractivity contribution is 5.73. The third-order valence-corrected chi connectivity index (χ3v) is 5.72. The highest BCUT2D eigenvalue weighted by atomic mass is 16.6. The van der Waals surface area contributed by atoms with Crippen LogP contribution in [-0.4, -0.2) is 65.0 Å². The molecule has 0 saturated carbocycles. The first kappa shape index (κ1) is 19.9. The van der Waals surface area contributed by atoms with Gasteiger partial charge in [-0.05, 0) is 77.6 Å². The Kier molecular flexibility index (Phi) is 6.82. The van der Waals surface area contributed by atoms with Gasteiger partial charge in [-0.1, -0.05) is 6.07 Å². The molecular formula is C22H29N5O2. The van der Waals surface area contributed by atoms with Crippen LogP contribution in [0.25, 0.3) is 11.0 Å². The number of piperidine rings is 1. The van der Waals surface area contributed by atoms with E-state index in [1.807, 2.05) is 18.5 Å². The van der Waals surface area contributed by atoms with Crippen molar-refractivity contribution in [3.05, 3.63) is 53.9 Å². The lowest BCUT2D eigenvalue weighted by Crippen LogP contribution is -2.39. The van der Waals surface area contributed by atoms with E-state index in [4.69, 9.17) is 9.37 Å². The smallest absolute Gasteiger partial charge is 0.135 e. The Morgan fingerprint density at radius 2 is 1.79 bits per heavy atom. The number of nitrogens with zero attached hydrogens (tertiary/aromatic N) is 5. The van der Waals surface area contributed by atoms with Gasteiger partial charge in [0, 0.05) is 45.7 Å². The van der Waals surface area contributed by atoms with Gasteiger partial charge in [-0.15, -0.1) is 0 Å². The molecule has 7 nitrogen and oxygen atoms in total. The maximum absolute atomic E-state index is 5.22. The zero-order chi connectivity index (χ0) is 19.9. The zero-order valence-corrected chi connectivity index (χ0v) is 17.0. The molecule has 0 radical (unpaired) electrons. The van der Waals surface area contributed by atoms with Crippen molar-refractivity contribution in [2.45, 2.75) is 25.9 Å². The van der Waals surface area contributed by atoms with E-state index < -0.39 is 0 Å². The molecule has 0 atom stereocenters. The lowest BCUT2D eigenvalue weighted by molar-refractivity contribution is 0.104. The molecule has 1 fully saturated rings. The Balaban J connectivity index is 1.41. The maximum atomic E-state index is 5.22. The van der Waals surface area contributed by atoms with Crippen molar-refractivity contribution in [2.24, 2.45) is 5.92 Å². The van der Waals surface area contributed by atoms with E-state index in [1.54, 1.807) is 7.11 Å². The minimum absolute atomic E-state index is 0.716. The Hall–Kier alpha value is -2.35. The number of pyridine rings is 1. The van der Waals surface area contributed by atoms with Crippen molar-refractivity contribution in [3.63, 3.8) is 0 Å². The minimum atomic E-state index is 0.716. The number of hydrogen-bond donors (Lipinski definition) is 0. The molecule has 154 valence electrons. The van der Waals surface area contributed by atoms with Gasteiger partial charge in [-0.3, -0.25) is 9.88 Å². The van der Waals surface area contributed by atoms with E-state index in [2.05, 4.69) is 49.4 Å².